The molecule has 0 amide bonds. The Morgan fingerprint density at radius 1 is 0.660 bits per heavy atom. The first kappa shape index (κ1) is 50.1. The van der Waals surface area contributed by atoms with E-state index >= 15 is 0 Å². The average molecular weight is 699 g/mol. The number of allylic oxidation sites excluding steroid dienone is 2. The van der Waals surface area contributed by atoms with Crippen LogP contribution in [0.2, 0.25) is 0 Å². The Kier molecular flexibility index (Phi) is 38.4. The van der Waals surface area contributed by atoms with E-state index in [2.05, 4.69) is 31.4 Å². The van der Waals surface area contributed by atoms with Crippen LogP contribution in [-0.2, 0) is 9.59 Å². The molecule has 0 aliphatic carbocycles. The molecule has 0 bridgehead atoms. The van der Waals surface area contributed by atoms with E-state index in [1.807, 2.05) is 16.7 Å². The summed E-state index contributed by atoms with van der Waals surface area (Å²) < 4.78 is 0. The molecule has 6 N–H and O–H groups in total. The normalized spacial score (nSPS) is 13.0. The predicted molar refractivity (Wildman–Crippen MR) is 185 cm³/mol. The Morgan fingerprint density at radius 2 is 1.11 bits per heavy atom. The van der Waals surface area contributed by atoms with Crippen LogP contribution in [0.1, 0.15) is 118 Å². The topological polar surface area (TPSA) is 192 Å². The standard InChI is InChI=1S/2C17H34N2O4.Ca/c2*1-3-5-7-15(20)13-18-10-12-19(11-9-17(22)23)14-16(21)8-6-4-2;/h2*13,16,18,20-21H,3-12,14H2,1-2H3,(H,22,23);/q;;+2/p-2/b2*15-13-;. The molecule has 0 fully saturated rings. The fraction of sp³-hybridized carbons (Fsp3) is 0.824. The van der Waals surface area contributed by atoms with E-state index in [-0.39, 0.29) is 56.3 Å². The van der Waals surface area contributed by atoms with Crippen LogP contribution in [0, 0.1) is 0 Å². The summed E-state index contributed by atoms with van der Waals surface area (Å²) in [7, 11) is 0. The molecule has 0 rings (SSSR count). The minimum Gasteiger partial charge on any atom is -0.874 e. The number of aliphatic carboxylic acids is 2. The van der Waals surface area contributed by atoms with Gasteiger partial charge in [-0.2, -0.15) is 0 Å². The quantitative estimate of drug-likeness (QED) is 0.0364. The van der Waals surface area contributed by atoms with Gasteiger partial charge in [-0.1, -0.05) is 72.6 Å². The van der Waals surface area contributed by atoms with Gasteiger partial charge in [-0.3, -0.25) is 14.6 Å². The zero-order valence-corrected chi connectivity index (χ0v) is 32.1. The number of nitrogens with one attached hydrogen (secondary N) is 2. The summed E-state index contributed by atoms with van der Waals surface area (Å²) in [6, 6.07) is 0. The summed E-state index contributed by atoms with van der Waals surface area (Å²) in [6.45, 7) is 12.3. The summed E-state index contributed by atoms with van der Waals surface area (Å²) in [6.07, 6.45) is 12.8. The third-order valence-corrected chi connectivity index (χ3v) is 7.23. The molecule has 0 aromatic rings. The zero-order chi connectivity index (χ0) is 35.0. The molecule has 13 heteroatoms. The summed E-state index contributed by atoms with van der Waals surface area (Å²) in [5, 5.41) is 66.5. The Labute approximate surface area is 314 Å². The van der Waals surface area contributed by atoms with Crippen LogP contribution in [-0.4, -0.2) is 144 Å². The van der Waals surface area contributed by atoms with E-state index in [0.29, 0.717) is 77.4 Å². The second kappa shape index (κ2) is 36.0. The number of hydrogen-bond acceptors (Lipinski definition) is 11. The van der Waals surface area contributed by atoms with Crippen LogP contribution < -0.4 is 20.8 Å². The Hall–Kier alpha value is -1.28. The number of hydrogen-bond donors (Lipinski definition) is 6. The monoisotopic (exact) mass is 698 g/mol. The number of unbranched alkanes of at least 4 members (excludes halogenated alkanes) is 4. The van der Waals surface area contributed by atoms with Gasteiger partial charge in [0.1, 0.15) is 5.76 Å². The molecule has 2 atom stereocenters. The summed E-state index contributed by atoms with van der Waals surface area (Å²) >= 11 is 0. The second-order valence-corrected chi connectivity index (χ2v) is 11.8. The van der Waals surface area contributed by atoms with E-state index in [1.165, 1.54) is 6.20 Å². The number of carbonyl (C=O) groups is 2. The van der Waals surface area contributed by atoms with Gasteiger partial charge in [-0.25, -0.2) is 0 Å². The van der Waals surface area contributed by atoms with Gasteiger partial charge in [-0.05, 0) is 38.3 Å². The molecule has 0 radical (unpaired) electrons. The van der Waals surface area contributed by atoms with Gasteiger partial charge < -0.3 is 46.1 Å². The molecule has 0 aromatic carbocycles. The first-order chi connectivity index (χ1) is 22.0. The number of rotatable bonds is 30. The van der Waals surface area contributed by atoms with E-state index in [9.17, 15) is 35.1 Å². The van der Waals surface area contributed by atoms with Gasteiger partial charge in [0.15, 0.2) is 0 Å². The smallest absolute Gasteiger partial charge is 0.874 e. The molecule has 0 saturated carbocycles. The number of carboxylic acid groups (broad SMARTS) is 2. The van der Waals surface area contributed by atoms with Gasteiger partial charge in [0.2, 0.25) is 0 Å². The van der Waals surface area contributed by atoms with Crippen LogP contribution in [0.4, 0.5) is 0 Å². The molecule has 47 heavy (non-hydrogen) atoms. The molecule has 0 spiro atoms. The maximum Gasteiger partial charge on any atom is 2.00 e. The van der Waals surface area contributed by atoms with E-state index in [4.69, 9.17) is 5.11 Å². The SMILES string of the molecule is CCCC/C(O)=C/NCCN(CCC(=O)O)CC(O)CCCC.CCCC/C([O-])=C/NCCN(CCC(=O)[O-])CC(O)CCCC.[Ca+2]. The van der Waals surface area contributed by atoms with Crippen LogP contribution in [0.25, 0.3) is 0 Å². The second-order valence-electron chi connectivity index (χ2n) is 11.8. The Balaban J connectivity index is -0.000000807. The molecule has 12 nitrogen and oxygen atoms in total. The van der Waals surface area contributed by atoms with Crippen molar-refractivity contribution in [2.24, 2.45) is 0 Å². The minimum absolute atomic E-state index is 0. The Morgan fingerprint density at radius 3 is 1.55 bits per heavy atom. The van der Waals surface area contributed by atoms with E-state index < -0.39 is 24.1 Å². The molecular formula is C34H66CaN4O8. The van der Waals surface area contributed by atoms with Crippen molar-refractivity contribution in [3.63, 3.8) is 0 Å². The van der Waals surface area contributed by atoms with E-state index in [0.717, 1.165) is 57.8 Å². The molecule has 2 unspecified atom stereocenters. The summed E-state index contributed by atoms with van der Waals surface area (Å²) in [5.41, 5.74) is 0. The molecule has 0 heterocycles. The molecule has 0 aliphatic heterocycles. The third-order valence-electron chi connectivity index (χ3n) is 7.23. The predicted octanol–water partition coefficient (Wildman–Crippen LogP) is 2.07. The number of nitrogens with zero attached hydrogens (tertiary/aromatic N) is 2. The van der Waals surface area contributed by atoms with Crippen LogP contribution in [0.3, 0.4) is 0 Å². The zero-order valence-electron chi connectivity index (χ0n) is 29.9. The van der Waals surface area contributed by atoms with Crippen LogP contribution in [0.5, 0.6) is 0 Å². The number of carboxylic acids is 2. The first-order valence-corrected chi connectivity index (χ1v) is 17.4. The molecule has 0 saturated heterocycles. The third kappa shape index (κ3) is 37.4. The van der Waals surface area contributed by atoms with Crippen molar-refractivity contribution in [1.29, 1.82) is 0 Å². The van der Waals surface area contributed by atoms with Gasteiger partial charge in [0.05, 0.1) is 18.6 Å². The van der Waals surface area contributed by atoms with Crippen molar-refractivity contribution in [3.8, 4) is 0 Å². The van der Waals surface area contributed by atoms with Crippen LogP contribution in [0.15, 0.2) is 23.9 Å². The number of aliphatic hydroxyl groups is 3. The van der Waals surface area contributed by atoms with Gasteiger partial charge in [0, 0.05) is 70.9 Å². The summed E-state index contributed by atoms with van der Waals surface area (Å²) in [5.74, 6) is -1.50. The number of carbonyl (C=O) groups excluding carboxylic acids is 1. The maximum absolute atomic E-state index is 11.5. The largest absolute Gasteiger partial charge is 2.00 e. The van der Waals surface area contributed by atoms with Gasteiger partial charge in [-0.15, -0.1) is 5.76 Å². The Bertz CT molecular complexity index is 740. The molecule has 272 valence electrons. The summed E-state index contributed by atoms with van der Waals surface area (Å²) in [4.78, 5) is 25.2. The minimum atomic E-state index is -1.09. The fourth-order valence-corrected chi connectivity index (χ4v) is 4.42. The van der Waals surface area contributed by atoms with Crippen molar-refractivity contribution >= 4 is 49.7 Å². The van der Waals surface area contributed by atoms with E-state index in [1.54, 1.807) is 6.20 Å². The molecular weight excluding hydrogens is 632 g/mol. The van der Waals surface area contributed by atoms with Crippen molar-refractivity contribution < 1.29 is 40.2 Å². The first-order valence-electron chi connectivity index (χ1n) is 17.4. The van der Waals surface area contributed by atoms with Gasteiger partial charge in [0.25, 0.3) is 0 Å². The van der Waals surface area contributed by atoms with Crippen molar-refractivity contribution in [2.75, 3.05) is 52.4 Å². The fourth-order valence-electron chi connectivity index (χ4n) is 4.42. The van der Waals surface area contributed by atoms with Crippen molar-refractivity contribution in [3.05, 3.63) is 23.9 Å². The van der Waals surface area contributed by atoms with Crippen LogP contribution >= 0.6 is 0 Å². The average Bonchev–Trinajstić information content (AvgIpc) is 3.02. The van der Waals surface area contributed by atoms with Crippen molar-refractivity contribution in [1.82, 2.24) is 20.4 Å². The van der Waals surface area contributed by atoms with Gasteiger partial charge >= 0.3 is 43.7 Å². The molecule has 0 aliphatic rings. The van der Waals surface area contributed by atoms with Crippen molar-refractivity contribution in [2.45, 2.75) is 130 Å². The molecule has 0 aromatic heterocycles. The maximum atomic E-state index is 11.5. The number of aliphatic hydroxyl groups excluding tert-OH is 3.